The summed E-state index contributed by atoms with van der Waals surface area (Å²) < 4.78 is 0. The third-order valence-corrected chi connectivity index (χ3v) is 0.611. The molecule has 0 unspecified atom stereocenters. The molecule has 0 N–H and O–H groups in total. The van der Waals surface area contributed by atoms with Crippen LogP contribution in [-0.2, 0) is 0 Å². The fourth-order valence-corrected chi connectivity index (χ4v) is 0.322. The average molecular weight is 107 g/mol. The van der Waals surface area contributed by atoms with E-state index in [-0.39, 0.29) is 0 Å². The first kappa shape index (κ1) is 4.90. The first-order chi connectivity index (χ1) is 4.00. The molecule has 0 aromatic heterocycles. The zero-order valence-corrected chi connectivity index (χ0v) is 4.23. The molecule has 0 saturated heterocycles. The smallest absolute Gasteiger partial charge is 0.117 e. The van der Waals surface area contributed by atoms with Gasteiger partial charge in [-0.1, -0.05) is 0 Å². The molecule has 0 bridgehead atoms. The maximum absolute atomic E-state index is 3.74. The minimum Gasteiger partial charge on any atom is -0.245 e. The summed E-state index contributed by atoms with van der Waals surface area (Å²) in [4.78, 5) is 11.1. The van der Waals surface area contributed by atoms with Gasteiger partial charge in [-0.2, -0.15) is 0 Å². The third-order valence-electron chi connectivity index (χ3n) is 0.611. The van der Waals surface area contributed by atoms with E-state index in [9.17, 15) is 0 Å². The van der Waals surface area contributed by atoms with E-state index >= 15 is 0 Å². The Hall–Kier alpha value is -1.25. The predicted molar refractivity (Wildman–Crippen MR) is 34.6 cm³/mol. The summed E-state index contributed by atoms with van der Waals surface area (Å²) >= 11 is 0. The molecule has 1 rings (SSSR count). The number of hydrogen-bond donors (Lipinski definition) is 0. The highest BCUT2D eigenvalue weighted by atomic mass is 14.9. The summed E-state index contributed by atoms with van der Waals surface area (Å²) in [6.07, 6.45) is 7.86. The number of nitrogens with zero attached hydrogens (tertiary/aromatic N) is 3. The maximum atomic E-state index is 3.74. The van der Waals surface area contributed by atoms with Gasteiger partial charge < -0.3 is 0 Å². The Bertz CT molecular complexity index is 109. The van der Waals surface area contributed by atoms with Gasteiger partial charge >= 0.3 is 0 Å². The molecule has 1 heterocycles. The van der Waals surface area contributed by atoms with E-state index in [1.54, 1.807) is 18.5 Å². The van der Waals surface area contributed by atoms with Crippen molar-refractivity contribution >= 4 is 18.9 Å². The van der Waals surface area contributed by atoms with Crippen LogP contribution in [0.1, 0.15) is 0 Å². The van der Waals surface area contributed by atoms with Crippen LogP contribution in [-0.4, -0.2) is 18.9 Å². The molecule has 0 amide bonds. The van der Waals surface area contributed by atoms with Gasteiger partial charge in [-0.25, -0.2) is 15.0 Å². The van der Waals surface area contributed by atoms with Gasteiger partial charge in [-0.15, -0.1) is 0 Å². The topological polar surface area (TPSA) is 37.1 Å². The van der Waals surface area contributed by atoms with E-state index in [2.05, 4.69) is 15.0 Å². The van der Waals surface area contributed by atoms with Crippen molar-refractivity contribution in [3.05, 3.63) is 12.3 Å². The fourth-order valence-electron chi connectivity index (χ4n) is 0.322. The van der Waals surface area contributed by atoms with Crippen molar-refractivity contribution in [3.8, 4) is 0 Å². The Balaban J connectivity index is 2.67. The minimum atomic E-state index is 1.44. The Labute approximate surface area is 47.2 Å². The Morgan fingerprint density at radius 1 is 0.875 bits per heavy atom. The van der Waals surface area contributed by atoms with E-state index in [0.29, 0.717) is 0 Å². The largest absolute Gasteiger partial charge is 0.245 e. The van der Waals surface area contributed by atoms with E-state index in [0.717, 1.165) is 0 Å². The molecule has 0 aliphatic carbocycles. The van der Waals surface area contributed by atoms with Gasteiger partial charge in [0.1, 0.15) is 12.7 Å². The second-order valence-corrected chi connectivity index (χ2v) is 1.17. The van der Waals surface area contributed by atoms with Crippen molar-refractivity contribution < 1.29 is 0 Å². The lowest BCUT2D eigenvalue weighted by molar-refractivity contribution is 1.54. The van der Waals surface area contributed by atoms with Gasteiger partial charge in [0.15, 0.2) is 0 Å². The van der Waals surface area contributed by atoms with Crippen molar-refractivity contribution in [2.45, 2.75) is 0 Å². The SMILES string of the molecule is C1=NC=NC=N/C=C\1. The summed E-state index contributed by atoms with van der Waals surface area (Å²) in [6, 6.07) is 0. The molecule has 1 aliphatic heterocycles. The van der Waals surface area contributed by atoms with Crippen LogP contribution in [0.25, 0.3) is 0 Å². The normalized spacial score (nSPS) is 20.0. The molecule has 3 heteroatoms. The molecule has 3 nitrogen and oxygen atoms in total. The first-order valence-electron chi connectivity index (χ1n) is 2.22. The molecule has 0 atom stereocenters. The molecular formula is C5H5N3. The molecule has 0 spiro atoms. The highest BCUT2D eigenvalue weighted by Crippen LogP contribution is 1.74. The summed E-state index contributed by atoms with van der Waals surface area (Å²) in [7, 11) is 0. The molecule has 0 aromatic carbocycles. The van der Waals surface area contributed by atoms with Crippen molar-refractivity contribution in [2.75, 3.05) is 0 Å². The van der Waals surface area contributed by atoms with Crippen molar-refractivity contribution in [2.24, 2.45) is 15.0 Å². The lowest BCUT2D eigenvalue weighted by Crippen LogP contribution is -1.73. The molecule has 0 radical (unpaired) electrons. The molecule has 40 valence electrons. The third kappa shape index (κ3) is 1.47. The molecule has 0 saturated carbocycles. The van der Waals surface area contributed by atoms with Crippen molar-refractivity contribution in [3.63, 3.8) is 0 Å². The van der Waals surface area contributed by atoms with Gasteiger partial charge in [-0.05, 0) is 6.08 Å². The van der Waals surface area contributed by atoms with Crippen LogP contribution in [0.5, 0.6) is 0 Å². The minimum absolute atomic E-state index is 1.44. The molecule has 0 aromatic rings. The number of hydrogen-bond acceptors (Lipinski definition) is 3. The molecule has 8 heavy (non-hydrogen) atoms. The lowest BCUT2D eigenvalue weighted by Gasteiger charge is -1.77. The van der Waals surface area contributed by atoms with Gasteiger partial charge in [-0.3, -0.25) is 0 Å². The molecule has 1 aliphatic rings. The zero-order chi connectivity index (χ0) is 5.66. The second kappa shape index (κ2) is 2.85. The number of rotatable bonds is 0. The summed E-state index contributed by atoms with van der Waals surface area (Å²) in [5.74, 6) is 0. The Kier molecular flexibility index (Phi) is 1.74. The van der Waals surface area contributed by atoms with Crippen LogP contribution < -0.4 is 0 Å². The van der Waals surface area contributed by atoms with Gasteiger partial charge in [0.2, 0.25) is 0 Å². The number of aliphatic imine (C=N–C) groups is 3. The molecular weight excluding hydrogens is 102 g/mol. The van der Waals surface area contributed by atoms with Crippen LogP contribution >= 0.6 is 0 Å². The fraction of sp³-hybridized carbons (Fsp3) is 0. The van der Waals surface area contributed by atoms with E-state index in [1.807, 2.05) is 0 Å². The van der Waals surface area contributed by atoms with Gasteiger partial charge in [0, 0.05) is 12.4 Å². The highest BCUT2D eigenvalue weighted by Gasteiger charge is 1.66. The van der Waals surface area contributed by atoms with Gasteiger partial charge in [0.25, 0.3) is 0 Å². The quantitative estimate of drug-likeness (QED) is 0.435. The summed E-state index contributed by atoms with van der Waals surface area (Å²) in [5.41, 5.74) is 0. The van der Waals surface area contributed by atoms with Crippen molar-refractivity contribution in [1.29, 1.82) is 0 Å². The maximum Gasteiger partial charge on any atom is 0.117 e. The van der Waals surface area contributed by atoms with E-state index in [1.165, 1.54) is 12.7 Å². The van der Waals surface area contributed by atoms with Gasteiger partial charge in [0.05, 0.1) is 0 Å². The number of allylic oxidation sites excluding steroid dienone is 1. The van der Waals surface area contributed by atoms with Crippen LogP contribution in [0.4, 0.5) is 0 Å². The van der Waals surface area contributed by atoms with Crippen LogP contribution in [0, 0.1) is 0 Å². The van der Waals surface area contributed by atoms with E-state index in [4.69, 9.17) is 0 Å². The lowest BCUT2D eigenvalue weighted by atomic mass is 10.6. The first-order valence-corrected chi connectivity index (χ1v) is 2.22. The Morgan fingerprint density at radius 3 is 2.75 bits per heavy atom. The monoisotopic (exact) mass is 107 g/mol. The second-order valence-electron chi connectivity index (χ2n) is 1.17. The zero-order valence-electron chi connectivity index (χ0n) is 4.23. The average Bonchev–Trinajstić information content (AvgIpc) is 1.62. The van der Waals surface area contributed by atoms with Crippen LogP contribution in [0.2, 0.25) is 0 Å². The predicted octanol–water partition coefficient (Wildman–Crippen LogP) is 0.641. The summed E-state index contributed by atoms with van der Waals surface area (Å²) in [5, 5.41) is 0. The summed E-state index contributed by atoms with van der Waals surface area (Å²) in [6.45, 7) is 0. The van der Waals surface area contributed by atoms with E-state index < -0.39 is 0 Å². The highest BCUT2D eigenvalue weighted by molar-refractivity contribution is 5.84. The van der Waals surface area contributed by atoms with Crippen LogP contribution in [0.15, 0.2) is 27.3 Å². The Morgan fingerprint density at radius 2 is 1.75 bits per heavy atom. The molecule has 0 fully saturated rings. The van der Waals surface area contributed by atoms with Crippen molar-refractivity contribution in [1.82, 2.24) is 0 Å². The standard InChI is InChI=1S/C5H5N3/c1-2-6-4-8-5-7-3-1/h1-5H/b2-1-,3-1?,6-2?,6-4?,7-3?,7-5?,8-4?,8-5?. The van der Waals surface area contributed by atoms with Crippen LogP contribution in [0.3, 0.4) is 0 Å².